The summed E-state index contributed by atoms with van der Waals surface area (Å²) in [6.45, 7) is 0. The summed E-state index contributed by atoms with van der Waals surface area (Å²) in [5.74, 6) is 0. The average Bonchev–Trinajstić information content (AvgIpc) is 4.09. The summed E-state index contributed by atoms with van der Waals surface area (Å²) in [6.07, 6.45) is 6.46. The maximum absolute atomic E-state index is 13.5. The molecular weight excluding hydrogens is 958 g/mol. The summed E-state index contributed by atoms with van der Waals surface area (Å²) < 4.78 is 107. The Balaban J connectivity index is 0.000000238. The predicted molar refractivity (Wildman–Crippen MR) is 226 cm³/mol. The number of benzene rings is 5. The van der Waals surface area contributed by atoms with Gasteiger partial charge in [0.25, 0.3) is 7.12 Å². The van der Waals surface area contributed by atoms with E-state index in [2.05, 4.69) is 68.3 Å². The standard InChI is InChI=1S/C31H24F3NP2.C9H9BN6.CHF3O3S.Ru/c32-31(33,34)25-21-23-26(24-22-25)35(36(27-13-5-1-6-14-27)28-15-7-2-8-16-28)37(29-17-9-3-10-18-29)30-19-11-4-12-20-30;1-4-11-14(7-1)10(15-8-2-5-12-15)16-9-3-6-13-16;2-1(3,4)8(5,6)7;/h1-24H;1-9H;(H,5,6,7);/q;-1;;+2/p-1. The van der Waals surface area contributed by atoms with Gasteiger partial charge in [-0.15, -0.1) is 0 Å². The van der Waals surface area contributed by atoms with Crippen LogP contribution >= 0.6 is 16.1 Å². The molecule has 8 aromatic rings. The molecule has 0 amide bonds. The van der Waals surface area contributed by atoms with Crippen molar-refractivity contribution in [2.24, 2.45) is 0 Å². The van der Waals surface area contributed by atoms with Gasteiger partial charge in [-0.05, 0) is 61.1 Å². The second-order valence-electron chi connectivity index (χ2n) is 12.5. The van der Waals surface area contributed by atoms with Crippen LogP contribution in [0, 0.1) is 0 Å². The van der Waals surface area contributed by atoms with E-state index in [1.54, 1.807) is 44.5 Å². The van der Waals surface area contributed by atoms with E-state index in [0.29, 0.717) is 0 Å². The van der Waals surface area contributed by atoms with E-state index in [9.17, 15) is 26.3 Å². The summed E-state index contributed by atoms with van der Waals surface area (Å²) in [6, 6.07) is 52.2. The fourth-order valence-corrected chi connectivity index (χ4v) is 11.7. The fraction of sp³-hybridized carbons (Fsp3) is 0.0488. The fourth-order valence-electron chi connectivity index (χ4n) is 5.73. The topological polar surface area (TPSA) is 114 Å². The Bertz CT molecular complexity index is 2360. The van der Waals surface area contributed by atoms with Crippen LogP contribution in [0.5, 0.6) is 0 Å². The maximum Gasteiger partial charge on any atom is 2.00 e. The number of aromatic nitrogens is 6. The zero-order valence-electron chi connectivity index (χ0n) is 31.9. The smallest absolute Gasteiger partial charge is 0.741 e. The third-order valence-electron chi connectivity index (χ3n) is 8.38. The van der Waals surface area contributed by atoms with Gasteiger partial charge in [0, 0.05) is 45.5 Å². The maximum atomic E-state index is 13.5. The second kappa shape index (κ2) is 21.6. The van der Waals surface area contributed by atoms with Crippen molar-refractivity contribution in [2.75, 3.05) is 4.44 Å². The van der Waals surface area contributed by atoms with E-state index < -0.39 is 43.5 Å². The number of halogens is 6. The summed E-state index contributed by atoms with van der Waals surface area (Å²) in [5.41, 5.74) is -5.54. The molecule has 0 atom stereocenters. The minimum atomic E-state index is -6.09. The molecule has 21 heteroatoms. The number of nitrogens with zero attached hydrogens (tertiary/aromatic N) is 7. The number of hydrogen-bond donors (Lipinski definition) is 0. The van der Waals surface area contributed by atoms with Crippen molar-refractivity contribution in [3.63, 3.8) is 0 Å². The van der Waals surface area contributed by atoms with Crippen molar-refractivity contribution in [3.05, 3.63) is 207 Å². The molecule has 0 aliphatic heterocycles. The number of alkyl halides is 6. The van der Waals surface area contributed by atoms with Crippen molar-refractivity contribution < 1.29 is 58.8 Å². The van der Waals surface area contributed by atoms with Crippen molar-refractivity contribution in [1.82, 2.24) is 29.1 Å². The molecule has 0 fully saturated rings. The average molecular weight is 992 g/mol. The summed E-state index contributed by atoms with van der Waals surface area (Å²) >= 11 is 0. The quantitative estimate of drug-likeness (QED) is 0.0451. The van der Waals surface area contributed by atoms with E-state index in [0.717, 1.165) is 26.9 Å². The molecule has 1 radical (unpaired) electrons. The van der Waals surface area contributed by atoms with Crippen LogP contribution in [0.1, 0.15) is 5.56 Å². The van der Waals surface area contributed by atoms with Crippen LogP contribution < -0.4 is 25.7 Å². The third-order valence-corrected chi connectivity index (χ3v) is 14.4. The van der Waals surface area contributed by atoms with E-state index in [-0.39, 0.29) is 26.6 Å². The SMILES string of the molecule is FC(F)(F)c1ccc(N(P(c2ccccc2)c2ccccc2)P(c2ccccc2)c2ccccc2)cc1.O=S(=O)([O-])C(F)(F)F.[Ru+2].c1cnn([B-](n2cccn2)n2cccn2)c1. The van der Waals surface area contributed by atoms with Crippen molar-refractivity contribution >= 4 is 60.3 Å². The Morgan fingerprint density at radius 3 is 1.02 bits per heavy atom. The second-order valence-corrected chi connectivity index (χ2v) is 18.3. The van der Waals surface area contributed by atoms with E-state index in [1.165, 1.54) is 12.1 Å². The molecule has 0 saturated carbocycles. The molecule has 319 valence electrons. The Morgan fingerprint density at radius 2 is 0.790 bits per heavy atom. The Kier molecular flexibility index (Phi) is 16.6. The van der Waals surface area contributed by atoms with Gasteiger partial charge >= 0.3 is 31.2 Å². The predicted octanol–water partition coefficient (Wildman–Crippen LogP) is 7.86. The van der Waals surface area contributed by atoms with Gasteiger partial charge in [-0.3, -0.25) is 0 Å². The van der Waals surface area contributed by atoms with Crippen LogP contribution in [0.15, 0.2) is 201 Å². The van der Waals surface area contributed by atoms with E-state index in [1.807, 2.05) is 110 Å². The molecule has 3 heterocycles. The zero-order valence-corrected chi connectivity index (χ0v) is 36.3. The molecule has 0 N–H and O–H groups in total. The molecule has 10 nitrogen and oxygen atoms in total. The molecule has 0 bridgehead atoms. The van der Waals surface area contributed by atoms with Crippen LogP contribution in [-0.4, -0.2) is 54.7 Å². The largest absolute Gasteiger partial charge is 2.00 e. The van der Waals surface area contributed by atoms with Gasteiger partial charge in [-0.1, -0.05) is 121 Å². The molecule has 0 aliphatic rings. The first-order valence-electron chi connectivity index (χ1n) is 18.0. The number of anilines is 1. The molecular formula is C41H33BF6N7O3P2RuS. The monoisotopic (exact) mass is 992 g/mol. The Labute approximate surface area is 369 Å². The van der Waals surface area contributed by atoms with Crippen LogP contribution in [0.4, 0.5) is 32.0 Å². The molecule has 0 unspecified atom stereocenters. The molecule has 8 rings (SSSR count). The van der Waals surface area contributed by atoms with Crippen LogP contribution in [0.2, 0.25) is 0 Å². The molecule has 0 aliphatic carbocycles. The van der Waals surface area contributed by atoms with E-state index >= 15 is 0 Å². The van der Waals surface area contributed by atoms with Gasteiger partial charge in [-0.2, -0.15) is 26.3 Å². The van der Waals surface area contributed by atoms with Crippen molar-refractivity contribution in [1.29, 1.82) is 0 Å². The first kappa shape index (κ1) is 47.6. The zero-order chi connectivity index (χ0) is 43.5. The van der Waals surface area contributed by atoms with Crippen molar-refractivity contribution in [2.45, 2.75) is 11.7 Å². The summed E-state index contributed by atoms with van der Waals surface area (Å²) in [5, 5.41) is 17.2. The van der Waals surface area contributed by atoms with Gasteiger partial charge in [0.1, 0.15) is 0 Å². The van der Waals surface area contributed by atoms with Crippen molar-refractivity contribution in [3.8, 4) is 0 Å². The van der Waals surface area contributed by atoms with Gasteiger partial charge in [0.2, 0.25) is 0 Å². The minimum absolute atomic E-state index is 0. The third kappa shape index (κ3) is 12.4. The number of rotatable bonds is 10. The summed E-state index contributed by atoms with van der Waals surface area (Å²) in [4.78, 5) is 0. The molecule has 62 heavy (non-hydrogen) atoms. The molecule has 3 aromatic heterocycles. The summed E-state index contributed by atoms with van der Waals surface area (Å²) in [7, 11) is -8.55. The molecule has 5 aromatic carbocycles. The van der Waals surface area contributed by atoms with E-state index in [4.69, 9.17) is 13.0 Å². The van der Waals surface area contributed by atoms with Crippen LogP contribution in [0.3, 0.4) is 0 Å². The first-order chi connectivity index (χ1) is 29.2. The Morgan fingerprint density at radius 1 is 0.500 bits per heavy atom. The minimum Gasteiger partial charge on any atom is -0.741 e. The Hall–Kier alpha value is -5.43. The van der Waals surface area contributed by atoms with Gasteiger partial charge < -0.3 is 22.8 Å². The normalized spacial score (nSPS) is 11.6. The van der Waals surface area contributed by atoms with Gasteiger partial charge in [0.05, 0.1) is 21.7 Å². The van der Waals surface area contributed by atoms with Crippen LogP contribution in [0.25, 0.3) is 0 Å². The van der Waals surface area contributed by atoms with Gasteiger partial charge in [0.15, 0.2) is 10.1 Å². The van der Waals surface area contributed by atoms with Crippen LogP contribution in [-0.2, 0) is 35.8 Å². The number of hydrogen-bond acceptors (Lipinski definition) is 7. The first-order valence-corrected chi connectivity index (χ1v) is 22.0. The molecule has 0 saturated heterocycles. The molecule has 0 spiro atoms. The van der Waals surface area contributed by atoms with Gasteiger partial charge in [-0.25, -0.2) is 23.7 Å².